The predicted octanol–water partition coefficient (Wildman–Crippen LogP) is 1.61. The molecule has 5 nitrogen and oxygen atoms in total. The number of hydrogen-bond acceptors (Lipinski definition) is 4. The largest absolute Gasteiger partial charge is 0.493 e. The molecule has 1 amide bonds. The fourth-order valence-electron chi connectivity index (χ4n) is 1.62. The monoisotopic (exact) mass is 260 g/mol. The van der Waals surface area contributed by atoms with Crippen LogP contribution >= 0.6 is 0 Å². The summed E-state index contributed by atoms with van der Waals surface area (Å²) >= 11 is 0. The summed E-state index contributed by atoms with van der Waals surface area (Å²) in [7, 11) is 1.50. The minimum atomic E-state index is -0.595. The quantitative estimate of drug-likeness (QED) is 0.873. The van der Waals surface area contributed by atoms with E-state index in [1.54, 1.807) is 25.1 Å². The van der Waals surface area contributed by atoms with Crippen molar-refractivity contribution in [3.8, 4) is 17.6 Å². The highest BCUT2D eigenvalue weighted by Crippen LogP contribution is 2.29. The summed E-state index contributed by atoms with van der Waals surface area (Å²) in [5.41, 5.74) is 0.485. The Balaban J connectivity index is 2.04. The van der Waals surface area contributed by atoms with E-state index in [0.29, 0.717) is 23.1 Å². The van der Waals surface area contributed by atoms with Gasteiger partial charge in [0.25, 0.3) is 5.91 Å². The third-order valence-corrected chi connectivity index (χ3v) is 2.89. The number of nitrogens with one attached hydrogen (secondary N) is 1. The van der Waals surface area contributed by atoms with Crippen LogP contribution < -0.4 is 14.8 Å². The molecule has 1 aliphatic carbocycles. The number of ether oxygens (including phenoxy) is 2. The van der Waals surface area contributed by atoms with E-state index < -0.39 is 6.10 Å². The van der Waals surface area contributed by atoms with E-state index in [0.717, 1.165) is 12.8 Å². The minimum Gasteiger partial charge on any atom is -0.493 e. The Hall–Kier alpha value is -2.22. The van der Waals surface area contributed by atoms with Crippen LogP contribution in [-0.4, -0.2) is 25.2 Å². The fourth-order valence-corrected chi connectivity index (χ4v) is 1.62. The second kappa shape index (κ2) is 5.61. The molecule has 1 fully saturated rings. The molecule has 0 aliphatic heterocycles. The van der Waals surface area contributed by atoms with Crippen LogP contribution in [0.2, 0.25) is 0 Å². The van der Waals surface area contributed by atoms with Gasteiger partial charge in [-0.3, -0.25) is 4.79 Å². The molecule has 1 unspecified atom stereocenters. The number of benzene rings is 1. The van der Waals surface area contributed by atoms with Gasteiger partial charge in [0.05, 0.1) is 18.7 Å². The second-order valence-corrected chi connectivity index (χ2v) is 4.52. The summed E-state index contributed by atoms with van der Waals surface area (Å²) in [6.45, 7) is 1.69. The van der Waals surface area contributed by atoms with Gasteiger partial charge in [-0.15, -0.1) is 0 Å². The molecule has 0 radical (unpaired) electrons. The number of hydrogen-bond donors (Lipinski definition) is 1. The molecular weight excluding hydrogens is 244 g/mol. The van der Waals surface area contributed by atoms with Crippen LogP contribution in [-0.2, 0) is 4.79 Å². The van der Waals surface area contributed by atoms with Gasteiger partial charge in [0.1, 0.15) is 0 Å². The second-order valence-electron chi connectivity index (χ2n) is 4.52. The standard InChI is InChI=1S/C14H16N2O3/c1-9(14(17)16-11-4-5-11)19-12-6-3-10(8-15)7-13(12)18-2/h3,6-7,9,11H,4-5H2,1-2H3,(H,16,17). The van der Waals surface area contributed by atoms with Gasteiger partial charge in [0, 0.05) is 12.1 Å². The van der Waals surface area contributed by atoms with Crippen LogP contribution in [0.4, 0.5) is 0 Å². The fraction of sp³-hybridized carbons (Fsp3) is 0.429. The molecule has 0 spiro atoms. The van der Waals surface area contributed by atoms with Crippen LogP contribution in [0, 0.1) is 11.3 Å². The minimum absolute atomic E-state index is 0.131. The summed E-state index contributed by atoms with van der Waals surface area (Å²) in [6, 6.07) is 7.18. The summed E-state index contributed by atoms with van der Waals surface area (Å²) in [5, 5.41) is 11.7. The molecule has 0 saturated heterocycles. The highest BCUT2D eigenvalue weighted by Gasteiger charge is 2.26. The van der Waals surface area contributed by atoms with E-state index in [-0.39, 0.29) is 5.91 Å². The van der Waals surface area contributed by atoms with Crippen molar-refractivity contribution >= 4 is 5.91 Å². The molecular formula is C14H16N2O3. The summed E-state index contributed by atoms with van der Waals surface area (Å²) in [4.78, 5) is 11.8. The highest BCUT2D eigenvalue weighted by molar-refractivity contribution is 5.81. The van der Waals surface area contributed by atoms with Gasteiger partial charge < -0.3 is 14.8 Å². The first-order valence-electron chi connectivity index (χ1n) is 6.19. The molecule has 1 saturated carbocycles. The van der Waals surface area contributed by atoms with Crippen LogP contribution in [0.25, 0.3) is 0 Å². The van der Waals surface area contributed by atoms with Crippen LogP contribution in [0.15, 0.2) is 18.2 Å². The average molecular weight is 260 g/mol. The summed E-state index contributed by atoms with van der Waals surface area (Å²) in [6.07, 6.45) is 1.49. The lowest BCUT2D eigenvalue weighted by molar-refractivity contribution is -0.127. The molecule has 0 aromatic heterocycles. The number of nitriles is 1. The maximum absolute atomic E-state index is 11.8. The Labute approximate surface area is 112 Å². The molecule has 5 heteroatoms. The van der Waals surface area contributed by atoms with Gasteiger partial charge in [0.2, 0.25) is 0 Å². The molecule has 19 heavy (non-hydrogen) atoms. The zero-order valence-electron chi connectivity index (χ0n) is 11.0. The Morgan fingerprint density at radius 3 is 2.79 bits per heavy atom. The molecule has 2 rings (SSSR count). The third-order valence-electron chi connectivity index (χ3n) is 2.89. The maximum atomic E-state index is 11.8. The number of nitrogens with zero attached hydrogens (tertiary/aromatic N) is 1. The number of methoxy groups -OCH3 is 1. The molecule has 0 bridgehead atoms. The van der Waals surface area contributed by atoms with Crippen molar-refractivity contribution in [2.75, 3.05) is 7.11 Å². The molecule has 1 N–H and O–H groups in total. The van der Waals surface area contributed by atoms with Crippen LogP contribution in [0.3, 0.4) is 0 Å². The Morgan fingerprint density at radius 1 is 1.47 bits per heavy atom. The molecule has 1 aliphatic rings. The molecule has 0 heterocycles. The van der Waals surface area contributed by atoms with Gasteiger partial charge in [-0.1, -0.05) is 0 Å². The van der Waals surface area contributed by atoms with Crippen LogP contribution in [0.5, 0.6) is 11.5 Å². The SMILES string of the molecule is COc1cc(C#N)ccc1OC(C)C(=O)NC1CC1. The number of carbonyl (C=O) groups excluding carboxylic acids is 1. The van der Waals surface area contributed by atoms with Gasteiger partial charge in [-0.25, -0.2) is 0 Å². The molecule has 1 atom stereocenters. The normalized spacial score (nSPS) is 15.2. The van der Waals surface area contributed by atoms with Crippen molar-refractivity contribution in [3.63, 3.8) is 0 Å². The average Bonchev–Trinajstić information content (AvgIpc) is 3.22. The Bertz CT molecular complexity index is 518. The first-order valence-corrected chi connectivity index (χ1v) is 6.19. The van der Waals surface area contributed by atoms with Gasteiger partial charge >= 0.3 is 0 Å². The first-order chi connectivity index (χ1) is 9.13. The van der Waals surface area contributed by atoms with E-state index in [2.05, 4.69) is 5.32 Å². The van der Waals surface area contributed by atoms with E-state index in [1.165, 1.54) is 7.11 Å². The summed E-state index contributed by atoms with van der Waals surface area (Å²) < 4.78 is 10.7. The van der Waals surface area contributed by atoms with Crippen molar-refractivity contribution in [1.82, 2.24) is 5.32 Å². The van der Waals surface area contributed by atoms with Crippen molar-refractivity contribution in [1.29, 1.82) is 5.26 Å². The zero-order chi connectivity index (χ0) is 13.8. The van der Waals surface area contributed by atoms with Crippen molar-refractivity contribution in [2.24, 2.45) is 0 Å². The highest BCUT2D eigenvalue weighted by atomic mass is 16.5. The molecule has 1 aromatic carbocycles. The summed E-state index contributed by atoms with van der Waals surface area (Å²) in [5.74, 6) is 0.777. The van der Waals surface area contributed by atoms with Gasteiger partial charge in [0.15, 0.2) is 17.6 Å². The molecule has 1 aromatic rings. The maximum Gasteiger partial charge on any atom is 0.260 e. The topological polar surface area (TPSA) is 71.3 Å². The van der Waals surface area contributed by atoms with Gasteiger partial charge in [-0.2, -0.15) is 5.26 Å². The van der Waals surface area contributed by atoms with E-state index in [9.17, 15) is 4.79 Å². The van der Waals surface area contributed by atoms with E-state index in [1.807, 2.05) is 6.07 Å². The van der Waals surface area contributed by atoms with Crippen molar-refractivity contribution in [3.05, 3.63) is 23.8 Å². The van der Waals surface area contributed by atoms with E-state index in [4.69, 9.17) is 14.7 Å². The lowest BCUT2D eigenvalue weighted by Crippen LogP contribution is -2.37. The van der Waals surface area contributed by atoms with Crippen LogP contribution in [0.1, 0.15) is 25.3 Å². The van der Waals surface area contributed by atoms with Crippen molar-refractivity contribution < 1.29 is 14.3 Å². The van der Waals surface area contributed by atoms with Gasteiger partial charge in [-0.05, 0) is 31.9 Å². The van der Waals surface area contributed by atoms with E-state index >= 15 is 0 Å². The third kappa shape index (κ3) is 3.38. The first kappa shape index (κ1) is 13.2. The Kier molecular flexibility index (Phi) is 3.91. The predicted molar refractivity (Wildman–Crippen MR) is 69.0 cm³/mol. The number of amides is 1. The van der Waals surface area contributed by atoms with Crippen molar-refractivity contribution in [2.45, 2.75) is 31.9 Å². The zero-order valence-corrected chi connectivity index (χ0v) is 11.0. The molecule has 100 valence electrons. The lowest BCUT2D eigenvalue weighted by atomic mass is 10.2. The Morgan fingerprint density at radius 2 is 2.21 bits per heavy atom. The number of carbonyl (C=O) groups is 1. The number of rotatable bonds is 5. The smallest absolute Gasteiger partial charge is 0.260 e. The lowest BCUT2D eigenvalue weighted by Gasteiger charge is -2.16.